The lowest BCUT2D eigenvalue weighted by Crippen LogP contribution is -2.46. The molecule has 0 aromatic heterocycles. The summed E-state index contributed by atoms with van der Waals surface area (Å²) in [6, 6.07) is -2.59. The van der Waals surface area contributed by atoms with E-state index >= 15 is 0 Å². The predicted octanol–water partition coefficient (Wildman–Crippen LogP) is 0.834. The highest BCUT2D eigenvalue weighted by atomic mass is 16.6. The van der Waals surface area contributed by atoms with E-state index in [0.717, 1.165) is 0 Å². The van der Waals surface area contributed by atoms with E-state index in [1.807, 2.05) is 0 Å². The van der Waals surface area contributed by atoms with Gasteiger partial charge in [0, 0.05) is 16.8 Å². The maximum Gasteiger partial charge on any atom is 0.316 e. The van der Waals surface area contributed by atoms with Gasteiger partial charge in [0.15, 0.2) is 6.10 Å². The highest BCUT2D eigenvalue weighted by molar-refractivity contribution is 5.74. The molecule has 0 aromatic rings. The molecule has 0 saturated carbocycles. The zero-order valence-corrected chi connectivity index (χ0v) is 18.5. The number of aliphatic hydroxyl groups excluding tert-OH is 1. The van der Waals surface area contributed by atoms with E-state index in [4.69, 9.17) is 14.2 Å². The Kier molecular flexibility index (Phi) is 11.1. The van der Waals surface area contributed by atoms with Crippen molar-refractivity contribution in [2.45, 2.75) is 57.9 Å². The van der Waals surface area contributed by atoms with Crippen LogP contribution >= 0.6 is 0 Å². The Morgan fingerprint density at radius 1 is 0.909 bits per heavy atom. The van der Waals surface area contributed by atoms with Crippen molar-refractivity contribution in [3.05, 3.63) is 44.5 Å². The first-order valence-electron chi connectivity index (χ1n) is 10.3. The standard InChI is InChI=1S/C11H15NO6.C9H13NO5/c1-3-17-11(14)8-5-4-6-9(18-7(2)13)10(8)12(15)16;1-2-15-9(12)6-4-3-5-7(11)8(6)10(13)14/h4,6,8-10H,3,5H2,1-2H3;3,5-8,11H,2,4H2,1H3/t8-,9-,10+;6-,7-,8+/m11/s1. The monoisotopic (exact) mass is 472 g/mol. The van der Waals surface area contributed by atoms with Gasteiger partial charge in [-0.2, -0.15) is 0 Å². The van der Waals surface area contributed by atoms with Gasteiger partial charge in [-0.05, 0) is 32.8 Å². The Balaban J connectivity index is 0.000000335. The van der Waals surface area contributed by atoms with E-state index in [-0.39, 0.29) is 26.1 Å². The van der Waals surface area contributed by atoms with Gasteiger partial charge in [-0.1, -0.05) is 18.2 Å². The molecule has 0 saturated heterocycles. The van der Waals surface area contributed by atoms with E-state index < -0.39 is 63.9 Å². The zero-order valence-electron chi connectivity index (χ0n) is 18.5. The van der Waals surface area contributed by atoms with Crippen LogP contribution in [0.1, 0.15) is 33.6 Å². The molecule has 0 heterocycles. The third kappa shape index (κ3) is 7.93. The first kappa shape index (κ1) is 27.7. The fourth-order valence-corrected chi connectivity index (χ4v) is 3.51. The molecule has 2 rings (SSSR count). The largest absolute Gasteiger partial charge is 0.466 e. The number of hydrogen-bond acceptors (Lipinski definition) is 11. The van der Waals surface area contributed by atoms with Crippen LogP contribution in [0, 0.1) is 32.1 Å². The highest BCUT2D eigenvalue weighted by Gasteiger charge is 2.46. The lowest BCUT2D eigenvalue weighted by atomic mass is 9.87. The van der Waals surface area contributed by atoms with Crippen molar-refractivity contribution in [3.8, 4) is 0 Å². The number of carbonyl (C=O) groups is 3. The molecule has 0 radical (unpaired) electrons. The van der Waals surface area contributed by atoms with Crippen molar-refractivity contribution >= 4 is 17.9 Å². The van der Waals surface area contributed by atoms with Crippen molar-refractivity contribution in [1.29, 1.82) is 0 Å². The Labute approximate surface area is 189 Å². The molecule has 0 unspecified atom stereocenters. The predicted molar refractivity (Wildman–Crippen MR) is 111 cm³/mol. The van der Waals surface area contributed by atoms with Gasteiger partial charge in [0.2, 0.25) is 0 Å². The number of esters is 3. The van der Waals surface area contributed by atoms with Gasteiger partial charge in [0.05, 0.1) is 13.2 Å². The Bertz CT molecular complexity index is 795. The first-order chi connectivity index (χ1) is 15.5. The minimum atomic E-state index is -1.30. The molecule has 1 N–H and O–H groups in total. The van der Waals surface area contributed by atoms with Crippen molar-refractivity contribution < 1.29 is 43.5 Å². The summed E-state index contributed by atoms with van der Waals surface area (Å²) in [5.41, 5.74) is 0. The quantitative estimate of drug-likeness (QED) is 0.182. The topological polar surface area (TPSA) is 185 Å². The summed E-state index contributed by atoms with van der Waals surface area (Å²) in [5, 5.41) is 31.1. The summed E-state index contributed by atoms with van der Waals surface area (Å²) in [5.74, 6) is -3.70. The number of hydrogen-bond donors (Lipinski definition) is 1. The van der Waals surface area contributed by atoms with Crippen LogP contribution in [0.3, 0.4) is 0 Å². The molecule has 0 aromatic carbocycles. The van der Waals surface area contributed by atoms with Crippen molar-refractivity contribution in [2.24, 2.45) is 11.8 Å². The maximum atomic E-state index is 11.6. The zero-order chi connectivity index (χ0) is 25.1. The lowest BCUT2D eigenvalue weighted by molar-refractivity contribution is -0.539. The van der Waals surface area contributed by atoms with Gasteiger partial charge in [-0.25, -0.2) is 0 Å². The SMILES string of the molecule is CCOC(=O)[C@@H]1CC=C[C@@H](O)[C@H]1[N+](=O)[O-].CCOC(=O)[C@@H]1CC=C[C@@H](OC(C)=O)[C@H]1[N+](=O)[O-]. The van der Waals surface area contributed by atoms with E-state index in [0.29, 0.717) is 0 Å². The number of carbonyl (C=O) groups excluding carboxylic acids is 3. The van der Waals surface area contributed by atoms with Crippen molar-refractivity contribution in [2.75, 3.05) is 13.2 Å². The number of nitrogens with zero attached hydrogens (tertiary/aromatic N) is 2. The van der Waals surface area contributed by atoms with Gasteiger partial charge < -0.3 is 19.3 Å². The summed E-state index contributed by atoms with van der Waals surface area (Å²) in [7, 11) is 0. The fourth-order valence-electron chi connectivity index (χ4n) is 3.51. The van der Waals surface area contributed by atoms with Gasteiger partial charge in [0.1, 0.15) is 17.9 Å². The molecule has 0 fully saturated rings. The minimum absolute atomic E-state index is 0.154. The Morgan fingerprint density at radius 3 is 1.79 bits per heavy atom. The second-order valence-corrected chi connectivity index (χ2v) is 7.16. The van der Waals surface area contributed by atoms with Gasteiger partial charge in [-0.3, -0.25) is 34.6 Å². The Morgan fingerprint density at radius 2 is 1.36 bits per heavy atom. The molecule has 33 heavy (non-hydrogen) atoms. The second kappa shape index (κ2) is 13.3. The van der Waals surface area contributed by atoms with Crippen LogP contribution in [0.4, 0.5) is 0 Å². The molecule has 184 valence electrons. The molecule has 0 aliphatic heterocycles. The average molecular weight is 472 g/mol. The third-order valence-corrected chi connectivity index (χ3v) is 4.92. The van der Waals surface area contributed by atoms with Crippen LogP contribution < -0.4 is 0 Å². The molecule has 6 atom stereocenters. The first-order valence-corrected chi connectivity index (χ1v) is 10.3. The number of aliphatic hydroxyl groups is 1. The Hall–Kier alpha value is -3.35. The summed E-state index contributed by atoms with van der Waals surface area (Å²) in [6.07, 6.45) is 4.13. The second-order valence-electron chi connectivity index (χ2n) is 7.16. The summed E-state index contributed by atoms with van der Waals surface area (Å²) < 4.78 is 14.4. The molecule has 13 heteroatoms. The molecule has 2 aliphatic rings. The smallest absolute Gasteiger partial charge is 0.316 e. The average Bonchev–Trinajstić information content (AvgIpc) is 2.73. The molecule has 0 amide bonds. The van der Waals surface area contributed by atoms with Crippen LogP contribution in [0.25, 0.3) is 0 Å². The van der Waals surface area contributed by atoms with E-state index in [1.54, 1.807) is 26.0 Å². The normalized spacial score (nSPS) is 28.0. The maximum absolute atomic E-state index is 11.6. The summed E-state index contributed by atoms with van der Waals surface area (Å²) in [6.45, 7) is 4.76. The molecular weight excluding hydrogens is 444 g/mol. The van der Waals surface area contributed by atoms with Gasteiger partial charge >= 0.3 is 17.9 Å². The molecule has 0 spiro atoms. The minimum Gasteiger partial charge on any atom is -0.466 e. The summed E-state index contributed by atoms with van der Waals surface area (Å²) in [4.78, 5) is 54.4. The molecule has 0 bridgehead atoms. The van der Waals surface area contributed by atoms with E-state index in [1.165, 1.54) is 19.1 Å². The molecule has 13 nitrogen and oxygen atoms in total. The van der Waals surface area contributed by atoms with Crippen LogP contribution in [-0.2, 0) is 28.6 Å². The lowest BCUT2D eigenvalue weighted by Gasteiger charge is -2.26. The van der Waals surface area contributed by atoms with Gasteiger partial charge in [0.25, 0.3) is 12.1 Å². The van der Waals surface area contributed by atoms with E-state index in [9.17, 15) is 39.7 Å². The number of nitro groups is 2. The number of allylic oxidation sites excluding steroid dienone is 2. The van der Waals surface area contributed by atoms with Crippen LogP contribution in [0.15, 0.2) is 24.3 Å². The fraction of sp³-hybridized carbons (Fsp3) is 0.650. The number of rotatable bonds is 7. The van der Waals surface area contributed by atoms with Crippen LogP contribution in [0.5, 0.6) is 0 Å². The third-order valence-electron chi connectivity index (χ3n) is 4.92. The van der Waals surface area contributed by atoms with Gasteiger partial charge in [-0.15, -0.1) is 0 Å². The number of ether oxygens (including phenoxy) is 3. The van der Waals surface area contributed by atoms with Crippen LogP contribution in [-0.4, -0.2) is 70.4 Å². The summed E-state index contributed by atoms with van der Waals surface area (Å²) >= 11 is 0. The molecule has 2 aliphatic carbocycles. The molecular formula is C20H28N2O11. The van der Waals surface area contributed by atoms with Crippen molar-refractivity contribution in [3.63, 3.8) is 0 Å². The van der Waals surface area contributed by atoms with E-state index in [2.05, 4.69) is 0 Å². The van der Waals surface area contributed by atoms with Crippen molar-refractivity contribution in [1.82, 2.24) is 0 Å². The van der Waals surface area contributed by atoms with Crippen LogP contribution in [0.2, 0.25) is 0 Å². The highest BCUT2D eigenvalue weighted by Crippen LogP contribution is 2.26.